The fourth-order valence-corrected chi connectivity index (χ4v) is 1.69. The molecule has 19 heavy (non-hydrogen) atoms. The lowest BCUT2D eigenvalue weighted by molar-refractivity contribution is 0.262. The summed E-state index contributed by atoms with van der Waals surface area (Å²) in [6.45, 7) is 1.98. The molecule has 0 aromatic heterocycles. The second kappa shape index (κ2) is 5.91. The van der Waals surface area contributed by atoms with Crippen LogP contribution >= 0.6 is 0 Å². The summed E-state index contributed by atoms with van der Waals surface area (Å²) in [7, 11) is 1.60. The maximum Gasteiger partial charge on any atom is 0.323 e. The van der Waals surface area contributed by atoms with Crippen LogP contribution in [0.1, 0.15) is 5.56 Å². The molecule has 98 valence electrons. The minimum Gasteiger partial charge on any atom is -0.497 e. The lowest BCUT2D eigenvalue weighted by Gasteiger charge is -2.08. The number of urea groups is 1. The first kappa shape index (κ1) is 13.0. The van der Waals surface area contributed by atoms with Crippen molar-refractivity contribution in [3.63, 3.8) is 0 Å². The molecule has 2 rings (SSSR count). The van der Waals surface area contributed by atoms with E-state index in [9.17, 15) is 4.79 Å². The quantitative estimate of drug-likeness (QED) is 0.880. The number of amides is 2. The Balaban J connectivity index is 1.97. The van der Waals surface area contributed by atoms with Crippen molar-refractivity contribution in [2.24, 2.45) is 0 Å². The third-order valence-corrected chi connectivity index (χ3v) is 2.62. The number of rotatable bonds is 3. The third-order valence-electron chi connectivity index (χ3n) is 2.62. The molecule has 0 atom stereocenters. The SMILES string of the molecule is COc1ccc(NC(=O)Nc2cccc(C)c2)cc1. The summed E-state index contributed by atoms with van der Waals surface area (Å²) in [4.78, 5) is 11.8. The van der Waals surface area contributed by atoms with Gasteiger partial charge in [-0.25, -0.2) is 4.79 Å². The first-order chi connectivity index (χ1) is 9.17. The van der Waals surface area contributed by atoms with Crippen LogP contribution in [0.3, 0.4) is 0 Å². The first-order valence-corrected chi connectivity index (χ1v) is 5.96. The maximum absolute atomic E-state index is 11.8. The van der Waals surface area contributed by atoms with Crippen molar-refractivity contribution in [3.05, 3.63) is 54.1 Å². The second-order valence-corrected chi connectivity index (χ2v) is 4.18. The van der Waals surface area contributed by atoms with E-state index in [1.807, 2.05) is 31.2 Å². The van der Waals surface area contributed by atoms with Gasteiger partial charge in [0, 0.05) is 11.4 Å². The maximum atomic E-state index is 11.8. The summed E-state index contributed by atoms with van der Waals surface area (Å²) in [6.07, 6.45) is 0. The van der Waals surface area contributed by atoms with E-state index >= 15 is 0 Å². The second-order valence-electron chi connectivity index (χ2n) is 4.18. The van der Waals surface area contributed by atoms with Gasteiger partial charge in [-0.2, -0.15) is 0 Å². The fraction of sp³-hybridized carbons (Fsp3) is 0.133. The zero-order chi connectivity index (χ0) is 13.7. The number of ether oxygens (including phenoxy) is 1. The van der Waals surface area contributed by atoms with Crippen LogP contribution in [0.5, 0.6) is 5.75 Å². The molecule has 4 heteroatoms. The molecule has 0 aliphatic carbocycles. The molecule has 0 saturated carbocycles. The monoisotopic (exact) mass is 256 g/mol. The molecule has 2 amide bonds. The summed E-state index contributed by atoms with van der Waals surface area (Å²) < 4.78 is 5.05. The average molecular weight is 256 g/mol. The van der Waals surface area contributed by atoms with Crippen molar-refractivity contribution in [3.8, 4) is 5.75 Å². The van der Waals surface area contributed by atoms with Crippen LogP contribution in [0.15, 0.2) is 48.5 Å². The number of hydrogen-bond acceptors (Lipinski definition) is 2. The standard InChI is InChI=1S/C15H16N2O2/c1-11-4-3-5-13(10-11)17-15(18)16-12-6-8-14(19-2)9-7-12/h3-10H,1-2H3,(H2,16,17,18). The highest BCUT2D eigenvalue weighted by Gasteiger charge is 2.02. The van der Waals surface area contributed by atoms with Gasteiger partial charge in [-0.3, -0.25) is 0 Å². The molecule has 0 heterocycles. The lowest BCUT2D eigenvalue weighted by Crippen LogP contribution is -2.19. The van der Waals surface area contributed by atoms with Crippen LogP contribution in [-0.4, -0.2) is 13.1 Å². The van der Waals surface area contributed by atoms with Crippen LogP contribution in [0.4, 0.5) is 16.2 Å². The van der Waals surface area contributed by atoms with Crippen molar-refractivity contribution in [1.29, 1.82) is 0 Å². The number of anilines is 2. The van der Waals surface area contributed by atoms with E-state index in [-0.39, 0.29) is 6.03 Å². The topological polar surface area (TPSA) is 50.4 Å². The van der Waals surface area contributed by atoms with Gasteiger partial charge < -0.3 is 15.4 Å². The molecule has 0 fully saturated rings. The zero-order valence-corrected chi connectivity index (χ0v) is 10.9. The molecule has 2 aromatic rings. The molecule has 0 spiro atoms. The van der Waals surface area contributed by atoms with Crippen molar-refractivity contribution >= 4 is 17.4 Å². The van der Waals surface area contributed by atoms with Gasteiger partial charge in [0.1, 0.15) is 5.75 Å². The predicted molar refractivity (Wildman–Crippen MR) is 76.8 cm³/mol. The molecule has 2 aromatic carbocycles. The molecule has 4 nitrogen and oxygen atoms in total. The van der Waals surface area contributed by atoms with E-state index in [1.165, 1.54) is 0 Å². The van der Waals surface area contributed by atoms with Crippen LogP contribution in [0.2, 0.25) is 0 Å². The summed E-state index contributed by atoms with van der Waals surface area (Å²) in [5.41, 5.74) is 2.58. The number of aryl methyl sites for hydroxylation is 1. The summed E-state index contributed by atoms with van der Waals surface area (Å²) in [5, 5.41) is 5.53. The number of carbonyl (C=O) groups is 1. The van der Waals surface area contributed by atoms with Gasteiger partial charge in [0.2, 0.25) is 0 Å². The Kier molecular flexibility index (Phi) is 4.03. The molecule has 0 unspecified atom stereocenters. The predicted octanol–water partition coefficient (Wildman–Crippen LogP) is 3.65. The van der Waals surface area contributed by atoms with Gasteiger partial charge in [0.15, 0.2) is 0 Å². The normalized spacial score (nSPS) is 9.79. The van der Waals surface area contributed by atoms with Gasteiger partial charge in [0.05, 0.1) is 7.11 Å². The van der Waals surface area contributed by atoms with Crippen LogP contribution < -0.4 is 15.4 Å². The Bertz CT molecular complexity index is 565. The highest BCUT2D eigenvalue weighted by atomic mass is 16.5. The fourth-order valence-electron chi connectivity index (χ4n) is 1.69. The third kappa shape index (κ3) is 3.74. The molecule has 2 N–H and O–H groups in total. The number of nitrogens with one attached hydrogen (secondary N) is 2. The van der Waals surface area contributed by atoms with Crippen LogP contribution in [-0.2, 0) is 0 Å². The minimum atomic E-state index is -0.268. The summed E-state index contributed by atoms with van der Waals surface area (Å²) in [6, 6.07) is 14.5. The van der Waals surface area contributed by atoms with E-state index in [1.54, 1.807) is 31.4 Å². The largest absolute Gasteiger partial charge is 0.497 e. The highest BCUT2D eigenvalue weighted by molar-refractivity contribution is 5.99. The van der Waals surface area contributed by atoms with Gasteiger partial charge in [-0.1, -0.05) is 12.1 Å². The van der Waals surface area contributed by atoms with Crippen LogP contribution in [0, 0.1) is 6.92 Å². The number of hydrogen-bond donors (Lipinski definition) is 2. The van der Waals surface area contributed by atoms with Gasteiger partial charge in [-0.05, 0) is 48.9 Å². The molecule has 0 aliphatic heterocycles. The van der Waals surface area contributed by atoms with E-state index in [0.717, 1.165) is 17.0 Å². The zero-order valence-electron chi connectivity index (χ0n) is 10.9. The van der Waals surface area contributed by atoms with Gasteiger partial charge >= 0.3 is 6.03 Å². The molecule has 0 bridgehead atoms. The minimum absolute atomic E-state index is 0.268. The Hall–Kier alpha value is -2.49. The smallest absolute Gasteiger partial charge is 0.323 e. The molecular weight excluding hydrogens is 240 g/mol. The van der Waals surface area contributed by atoms with E-state index in [0.29, 0.717) is 5.69 Å². The summed E-state index contributed by atoms with van der Waals surface area (Å²) >= 11 is 0. The van der Waals surface area contributed by atoms with Crippen molar-refractivity contribution in [2.45, 2.75) is 6.92 Å². The Morgan fingerprint density at radius 3 is 2.32 bits per heavy atom. The molecule has 0 saturated heterocycles. The van der Waals surface area contributed by atoms with E-state index < -0.39 is 0 Å². The molecular formula is C15H16N2O2. The van der Waals surface area contributed by atoms with Crippen molar-refractivity contribution in [2.75, 3.05) is 17.7 Å². The number of benzene rings is 2. The lowest BCUT2D eigenvalue weighted by atomic mass is 10.2. The van der Waals surface area contributed by atoms with Crippen LogP contribution in [0.25, 0.3) is 0 Å². The van der Waals surface area contributed by atoms with E-state index in [4.69, 9.17) is 4.74 Å². The molecule has 0 radical (unpaired) electrons. The Labute approximate surface area is 112 Å². The highest BCUT2D eigenvalue weighted by Crippen LogP contribution is 2.15. The van der Waals surface area contributed by atoms with Gasteiger partial charge in [0.25, 0.3) is 0 Å². The number of carbonyl (C=O) groups excluding carboxylic acids is 1. The van der Waals surface area contributed by atoms with E-state index in [2.05, 4.69) is 10.6 Å². The average Bonchev–Trinajstić information content (AvgIpc) is 2.39. The first-order valence-electron chi connectivity index (χ1n) is 5.96. The summed E-state index contributed by atoms with van der Waals surface area (Å²) in [5.74, 6) is 0.754. The molecule has 0 aliphatic rings. The Morgan fingerprint density at radius 1 is 1.00 bits per heavy atom. The van der Waals surface area contributed by atoms with Crippen molar-refractivity contribution < 1.29 is 9.53 Å². The Morgan fingerprint density at radius 2 is 1.68 bits per heavy atom. The van der Waals surface area contributed by atoms with Gasteiger partial charge in [-0.15, -0.1) is 0 Å². The van der Waals surface area contributed by atoms with Crippen molar-refractivity contribution in [1.82, 2.24) is 0 Å². The number of methoxy groups -OCH3 is 1.